The van der Waals surface area contributed by atoms with Gasteiger partial charge in [-0.2, -0.15) is 5.10 Å². The van der Waals surface area contributed by atoms with Crippen LogP contribution in [-0.2, 0) is 11.2 Å². The summed E-state index contributed by atoms with van der Waals surface area (Å²) < 4.78 is 1.81. The standard InChI is InChI=1S/C20H22N4O2.CH2O2/c1-14-12-21-19(20(26)22-13-15(2)25)11-17(14)10-16-4-6-18(7-5-16)24-9-3-8-23-24;2-1-3/h3-9,11-12,15,25H,10,13H2,1-2H3,(H,22,26);1H,(H,2,3)/t15-;/m0./s1. The Morgan fingerprint density at radius 2 is 2.00 bits per heavy atom. The Kier molecular flexibility index (Phi) is 8.05. The molecule has 152 valence electrons. The van der Waals surface area contributed by atoms with Crippen molar-refractivity contribution in [2.75, 3.05) is 6.54 Å². The van der Waals surface area contributed by atoms with Crippen LogP contribution in [0.25, 0.3) is 5.69 Å². The number of nitrogens with one attached hydrogen (secondary N) is 1. The first kappa shape index (κ1) is 21.8. The highest BCUT2D eigenvalue weighted by Gasteiger charge is 2.11. The highest BCUT2D eigenvalue weighted by Crippen LogP contribution is 2.16. The van der Waals surface area contributed by atoms with Gasteiger partial charge < -0.3 is 15.5 Å². The van der Waals surface area contributed by atoms with Crippen molar-refractivity contribution in [3.05, 3.63) is 77.4 Å². The first-order valence-electron chi connectivity index (χ1n) is 9.03. The lowest BCUT2D eigenvalue weighted by molar-refractivity contribution is -0.122. The van der Waals surface area contributed by atoms with E-state index in [-0.39, 0.29) is 18.9 Å². The first-order valence-corrected chi connectivity index (χ1v) is 9.03. The molecule has 8 nitrogen and oxygen atoms in total. The number of aliphatic hydroxyl groups is 1. The summed E-state index contributed by atoms with van der Waals surface area (Å²) in [6.45, 7) is 3.57. The molecule has 1 atom stereocenters. The number of amides is 1. The van der Waals surface area contributed by atoms with Crippen molar-refractivity contribution in [1.82, 2.24) is 20.1 Å². The zero-order valence-electron chi connectivity index (χ0n) is 16.3. The van der Waals surface area contributed by atoms with Gasteiger partial charge in [-0.3, -0.25) is 14.6 Å². The van der Waals surface area contributed by atoms with Crippen molar-refractivity contribution < 1.29 is 19.8 Å². The smallest absolute Gasteiger partial charge is 0.290 e. The fourth-order valence-electron chi connectivity index (χ4n) is 2.62. The van der Waals surface area contributed by atoms with Crippen LogP contribution in [0.3, 0.4) is 0 Å². The Labute approximate surface area is 168 Å². The van der Waals surface area contributed by atoms with E-state index in [0.29, 0.717) is 12.1 Å². The number of aliphatic hydroxyl groups excluding tert-OH is 1. The summed E-state index contributed by atoms with van der Waals surface area (Å²) in [5, 5.41) is 23.1. The van der Waals surface area contributed by atoms with Gasteiger partial charge in [0.1, 0.15) is 5.69 Å². The normalized spacial score (nSPS) is 11.1. The summed E-state index contributed by atoms with van der Waals surface area (Å²) in [5.74, 6) is -0.277. The minimum atomic E-state index is -0.586. The molecule has 2 heterocycles. The van der Waals surface area contributed by atoms with Gasteiger partial charge >= 0.3 is 0 Å². The van der Waals surface area contributed by atoms with Gasteiger partial charge in [0, 0.05) is 25.1 Å². The maximum atomic E-state index is 12.1. The summed E-state index contributed by atoms with van der Waals surface area (Å²) >= 11 is 0. The Morgan fingerprint density at radius 3 is 2.59 bits per heavy atom. The second-order valence-electron chi connectivity index (χ2n) is 6.45. The molecule has 0 saturated carbocycles. The van der Waals surface area contributed by atoms with Crippen LogP contribution in [0.4, 0.5) is 0 Å². The highest BCUT2D eigenvalue weighted by atomic mass is 16.3. The van der Waals surface area contributed by atoms with E-state index in [4.69, 9.17) is 9.90 Å². The van der Waals surface area contributed by atoms with Crippen molar-refractivity contribution in [2.45, 2.75) is 26.4 Å². The van der Waals surface area contributed by atoms with E-state index in [1.165, 1.54) is 0 Å². The number of nitrogens with zero attached hydrogens (tertiary/aromatic N) is 3. The molecule has 0 radical (unpaired) electrons. The zero-order valence-corrected chi connectivity index (χ0v) is 16.3. The van der Waals surface area contributed by atoms with E-state index in [2.05, 4.69) is 27.5 Å². The van der Waals surface area contributed by atoms with E-state index in [1.54, 1.807) is 19.3 Å². The quantitative estimate of drug-likeness (QED) is 0.549. The van der Waals surface area contributed by atoms with Crippen molar-refractivity contribution in [2.24, 2.45) is 0 Å². The van der Waals surface area contributed by atoms with Crippen molar-refractivity contribution in [1.29, 1.82) is 0 Å². The van der Waals surface area contributed by atoms with Gasteiger partial charge in [-0.05, 0) is 61.2 Å². The molecule has 0 spiro atoms. The summed E-state index contributed by atoms with van der Waals surface area (Å²) in [5.41, 5.74) is 4.59. The molecule has 0 bridgehead atoms. The number of pyridine rings is 1. The average molecular weight is 396 g/mol. The van der Waals surface area contributed by atoms with E-state index in [1.807, 2.05) is 42.1 Å². The summed E-state index contributed by atoms with van der Waals surface area (Å²) in [4.78, 5) is 24.7. The van der Waals surface area contributed by atoms with Crippen LogP contribution in [0, 0.1) is 6.92 Å². The van der Waals surface area contributed by atoms with Crippen molar-refractivity contribution in [3.63, 3.8) is 0 Å². The molecule has 0 unspecified atom stereocenters. The molecule has 1 amide bonds. The van der Waals surface area contributed by atoms with Crippen LogP contribution in [0.2, 0.25) is 0 Å². The molecule has 3 N–H and O–H groups in total. The van der Waals surface area contributed by atoms with Crippen molar-refractivity contribution >= 4 is 12.4 Å². The van der Waals surface area contributed by atoms with Gasteiger partial charge in [0.15, 0.2) is 0 Å². The third kappa shape index (κ3) is 6.54. The number of hydrogen-bond donors (Lipinski definition) is 3. The van der Waals surface area contributed by atoms with Gasteiger partial charge in [-0.25, -0.2) is 4.68 Å². The van der Waals surface area contributed by atoms with E-state index < -0.39 is 6.10 Å². The number of carbonyl (C=O) groups is 2. The lowest BCUT2D eigenvalue weighted by atomic mass is 10.0. The second-order valence-corrected chi connectivity index (χ2v) is 6.45. The molecule has 3 rings (SSSR count). The van der Waals surface area contributed by atoms with Crippen LogP contribution in [0.15, 0.2) is 55.0 Å². The first-order chi connectivity index (χ1) is 13.9. The fraction of sp³-hybridized carbons (Fsp3) is 0.238. The number of carbonyl (C=O) groups excluding carboxylic acids is 1. The van der Waals surface area contributed by atoms with Crippen LogP contribution in [0.5, 0.6) is 0 Å². The lowest BCUT2D eigenvalue weighted by Gasteiger charge is -2.10. The van der Waals surface area contributed by atoms with Gasteiger partial charge in [0.25, 0.3) is 12.4 Å². The SMILES string of the molecule is Cc1cnc(C(=O)NC[C@H](C)O)cc1Cc1ccc(-n2cccn2)cc1.O=CO. The van der Waals surface area contributed by atoms with Crippen LogP contribution in [-0.4, -0.2) is 50.0 Å². The molecule has 0 aliphatic heterocycles. The molecular weight excluding hydrogens is 372 g/mol. The van der Waals surface area contributed by atoms with Crippen LogP contribution < -0.4 is 5.32 Å². The molecule has 3 aromatic rings. The minimum Gasteiger partial charge on any atom is -0.483 e. The number of aryl methyl sites for hydroxylation is 1. The maximum Gasteiger partial charge on any atom is 0.290 e. The van der Waals surface area contributed by atoms with Gasteiger partial charge in [-0.1, -0.05) is 12.1 Å². The van der Waals surface area contributed by atoms with Crippen LogP contribution >= 0.6 is 0 Å². The monoisotopic (exact) mass is 396 g/mol. The number of rotatable bonds is 6. The molecule has 8 heteroatoms. The fourth-order valence-corrected chi connectivity index (χ4v) is 2.62. The number of aromatic nitrogens is 3. The molecule has 1 aromatic carbocycles. The zero-order chi connectivity index (χ0) is 21.2. The topological polar surface area (TPSA) is 117 Å². The van der Waals surface area contributed by atoms with Gasteiger partial charge in [0.2, 0.25) is 0 Å². The Balaban J connectivity index is 0.000000941. The predicted octanol–water partition coefficient (Wildman–Crippen LogP) is 1.98. The molecule has 0 fully saturated rings. The van der Waals surface area contributed by atoms with Gasteiger partial charge in [-0.15, -0.1) is 0 Å². The molecule has 0 saturated heterocycles. The summed E-state index contributed by atoms with van der Waals surface area (Å²) in [7, 11) is 0. The molecule has 0 aliphatic carbocycles. The predicted molar refractivity (Wildman–Crippen MR) is 108 cm³/mol. The highest BCUT2D eigenvalue weighted by molar-refractivity contribution is 5.92. The molecular formula is C21H24N4O4. The third-order valence-electron chi connectivity index (χ3n) is 4.11. The maximum absolute atomic E-state index is 12.1. The molecule has 29 heavy (non-hydrogen) atoms. The third-order valence-corrected chi connectivity index (χ3v) is 4.11. The Hall–Kier alpha value is -3.52. The summed E-state index contributed by atoms with van der Waals surface area (Å²) in [6, 6.07) is 11.9. The largest absolute Gasteiger partial charge is 0.483 e. The van der Waals surface area contributed by atoms with Crippen molar-refractivity contribution in [3.8, 4) is 5.69 Å². The Bertz CT molecular complexity index is 922. The number of hydrogen-bond acceptors (Lipinski definition) is 5. The number of benzene rings is 1. The van der Waals surface area contributed by atoms with E-state index in [0.717, 1.165) is 22.4 Å². The molecule has 0 aliphatic rings. The van der Waals surface area contributed by atoms with E-state index in [9.17, 15) is 9.90 Å². The average Bonchev–Trinajstić information content (AvgIpc) is 3.24. The van der Waals surface area contributed by atoms with Gasteiger partial charge in [0.05, 0.1) is 11.8 Å². The lowest BCUT2D eigenvalue weighted by Crippen LogP contribution is -2.31. The number of carboxylic acid groups (broad SMARTS) is 1. The van der Waals surface area contributed by atoms with Crippen LogP contribution in [0.1, 0.15) is 34.1 Å². The Morgan fingerprint density at radius 1 is 1.31 bits per heavy atom. The van der Waals surface area contributed by atoms with E-state index >= 15 is 0 Å². The second kappa shape index (κ2) is 10.7. The molecule has 2 aromatic heterocycles. The minimum absolute atomic E-state index is 0.207. The summed E-state index contributed by atoms with van der Waals surface area (Å²) in [6.07, 6.45) is 5.49.